The molecule has 0 bridgehead atoms. The topological polar surface area (TPSA) is 26.1 Å². The van der Waals surface area contributed by atoms with Crippen LogP contribution in [0.15, 0.2) is 43.0 Å². The number of hydrogen-bond donors (Lipinski definition) is 0. The predicted octanol–water partition coefficient (Wildman–Crippen LogP) is 3.89. The average molecular weight is 243 g/mol. The Morgan fingerprint density at radius 3 is 2.44 bits per heavy atom. The highest BCUT2D eigenvalue weighted by Crippen LogP contribution is 2.34. The molecule has 0 aromatic heterocycles. The fourth-order valence-electron chi connectivity index (χ4n) is 2.80. The molecule has 2 rings (SSSR count). The molecular formula is C16H21NO. The van der Waals surface area contributed by atoms with E-state index in [4.69, 9.17) is 0 Å². The number of hydrogen-bond acceptors (Lipinski definition) is 1. The van der Waals surface area contributed by atoms with Gasteiger partial charge >= 0.3 is 0 Å². The van der Waals surface area contributed by atoms with Crippen molar-refractivity contribution in [3.05, 3.63) is 53.8 Å². The van der Waals surface area contributed by atoms with Gasteiger partial charge in [-0.25, -0.2) is 4.74 Å². The van der Waals surface area contributed by atoms with E-state index in [-0.39, 0.29) is 5.54 Å². The molecular weight excluding hydrogens is 222 g/mol. The molecule has 1 aliphatic rings. The molecule has 2 nitrogen and oxygen atoms in total. The Labute approximate surface area is 109 Å². The molecule has 2 heteroatoms. The quantitative estimate of drug-likeness (QED) is 0.259. The highest BCUT2D eigenvalue weighted by molar-refractivity contribution is 5.75. The number of benzene rings is 1. The van der Waals surface area contributed by atoms with Gasteiger partial charge in [0, 0.05) is 24.8 Å². The zero-order valence-corrected chi connectivity index (χ0v) is 10.8. The fourth-order valence-corrected chi connectivity index (χ4v) is 2.80. The van der Waals surface area contributed by atoms with Crippen molar-refractivity contribution in [3.8, 4) is 0 Å². The number of hydroxylamine groups is 1. The molecule has 1 aromatic rings. The van der Waals surface area contributed by atoms with Crippen molar-refractivity contribution in [2.75, 3.05) is 0 Å². The summed E-state index contributed by atoms with van der Waals surface area (Å²) >= 11 is 0. The lowest BCUT2D eigenvalue weighted by molar-refractivity contribution is -0.550. The summed E-state index contributed by atoms with van der Waals surface area (Å²) in [6.45, 7) is 3.81. The van der Waals surface area contributed by atoms with Gasteiger partial charge < -0.3 is 5.21 Å². The molecule has 0 amide bonds. The van der Waals surface area contributed by atoms with E-state index in [1.807, 2.05) is 36.4 Å². The van der Waals surface area contributed by atoms with Crippen LogP contribution < -0.4 is 0 Å². The number of rotatable bonds is 4. The molecule has 1 fully saturated rings. The molecule has 18 heavy (non-hydrogen) atoms. The lowest BCUT2D eigenvalue weighted by atomic mass is 9.79. The van der Waals surface area contributed by atoms with E-state index in [0.29, 0.717) is 0 Å². The van der Waals surface area contributed by atoms with E-state index in [1.165, 1.54) is 11.2 Å². The second-order valence-corrected chi connectivity index (χ2v) is 5.14. The van der Waals surface area contributed by atoms with E-state index in [2.05, 4.69) is 6.58 Å². The van der Waals surface area contributed by atoms with Crippen LogP contribution in [0.3, 0.4) is 0 Å². The minimum Gasteiger partial charge on any atom is -0.623 e. The molecule has 0 atom stereocenters. The molecule has 0 heterocycles. The van der Waals surface area contributed by atoms with Crippen molar-refractivity contribution in [1.29, 1.82) is 0 Å². The van der Waals surface area contributed by atoms with Crippen molar-refractivity contribution >= 4 is 6.21 Å². The molecule has 1 aromatic carbocycles. The van der Waals surface area contributed by atoms with Crippen LogP contribution in [0.4, 0.5) is 0 Å². The van der Waals surface area contributed by atoms with E-state index in [9.17, 15) is 5.21 Å². The summed E-state index contributed by atoms with van der Waals surface area (Å²) in [5.74, 6) is 0. The molecule has 1 aliphatic carbocycles. The highest BCUT2D eigenvalue weighted by Gasteiger charge is 2.38. The molecule has 0 aliphatic heterocycles. The molecule has 0 spiro atoms. The van der Waals surface area contributed by atoms with Gasteiger partial charge in [0.25, 0.3) is 0 Å². The van der Waals surface area contributed by atoms with E-state index in [0.717, 1.165) is 37.7 Å². The van der Waals surface area contributed by atoms with Crippen molar-refractivity contribution in [3.63, 3.8) is 0 Å². The summed E-state index contributed by atoms with van der Waals surface area (Å²) in [6.07, 6.45) is 9.89. The zero-order valence-electron chi connectivity index (χ0n) is 10.8. The maximum atomic E-state index is 12.5. The summed E-state index contributed by atoms with van der Waals surface area (Å²) in [5, 5.41) is 12.5. The first kappa shape index (κ1) is 12.9. The van der Waals surface area contributed by atoms with Crippen molar-refractivity contribution in [2.24, 2.45) is 0 Å². The standard InChI is InChI=1S/C16H21NO/c1-2-11-16(12-7-4-8-13-16)17(18)14-15-9-5-3-6-10-15/h2-3,5-6,9-10,14H,1,4,7-8,11-13H2/b17-14-. The monoisotopic (exact) mass is 243 g/mol. The lowest BCUT2D eigenvalue weighted by Crippen LogP contribution is -2.41. The second kappa shape index (κ2) is 5.85. The first-order chi connectivity index (χ1) is 8.77. The van der Waals surface area contributed by atoms with Gasteiger partial charge in [0.2, 0.25) is 0 Å². The maximum absolute atomic E-state index is 12.5. The molecule has 96 valence electrons. The van der Waals surface area contributed by atoms with Crippen LogP contribution in [0.1, 0.15) is 44.1 Å². The van der Waals surface area contributed by atoms with Gasteiger partial charge in [-0.3, -0.25) is 0 Å². The van der Waals surface area contributed by atoms with Crippen molar-refractivity contribution in [1.82, 2.24) is 0 Å². The third-order valence-corrected chi connectivity index (χ3v) is 3.84. The summed E-state index contributed by atoms with van der Waals surface area (Å²) in [5.41, 5.74) is 0.719. The normalized spacial score (nSPS) is 19.4. The molecule has 0 saturated heterocycles. The second-order valence-electron chi connectivity index (χ2n) is 5.14. The van der Waals surface area contributed by atoms with Gasteiger partial charge in [0.15, 0.2) is 11.8 Å². The fraction of sp³-hybridized carbons (Fsp3) is 0.438. The smallest absolute Gasteiger partial charge is 0.182 e. The van der Waals surface area contributed by atoms with Crippen LogP contribution in [-0.2, 0) is 0 Å². The average Bonchev–Trinajstić information content (AvgIpc) is 2.41. The Bertz CT molecular complexity index is 416. The van der Waals surface area contributed by atoms with Gasteiger partial charge in [0.1, 0.15) is 0 Å². The highest BCUT2D eigenvalue weighted by atomic mass is 16.5. The van der Waals surface area contributed by atoms with Gasteiger partial charge in [0.05, 0.1) is 0 Å². The van der Waals surface area contributed by atoms with Crippen LogP contribution in [0.25, 0.3) is 0 Å². The summed E-state index contributed by atoms with van der Waals surface area (Å²) < 4.78 is 1.18. The first-order valence-corrected chi connectivity index (χ1v) is 6.74. The van der Waals surface area contributed by atoms with E-state index >= 15 is 0 Å². The Hall–Kier alpha value is -1.57. The van der Waals surface area contributed by atoms with Gasteiger partial charge in [-0.05, 0) is 25.0 Å². The molecule has 0 N–H and O–H groups in total. The van der Waals surface area contributed by atoms with Crippen LogP contribution in [0.5, 0.6) is 0 Å². The molecule has 1 saturated carbocycles. The van der Waals surface area contributed by atoms with Crippen molar-refractivity contribution in [2.45, 2.75) is 44.1 Å². The summed E-state index contributed by atoms with van der Waals surface area (Å²) in [4.78, 5) is 0. The van der Waals surface area contributed by atoms with E-state index in [1.54, 1.807) is 6.21 Å². The Morgan fingerprint density at radius 2 is 1.83 bits per heavy atom. The van der Waals surface area contributed by atoms with Gasteiger partial charge in [-0.1, -0.05) is 30.7 Å². The van der Waals surface area contributed by atoms with Crippen LogP contribution in [0.2, 0.25) is 0 Å². The largest absolute Gasteiger partial charge is 0.623 e. The predicted molar refractivity (Wildman–Crippen MR) is 75.9 cm³/mol. The Kier molecular flexibility index (Phi) is 4.19. The van der Waals surface area contributed by atoms with Gasteiger partial charge in [-0.2, -0.15) is 0 Å². The third-order valence-electron chi connectivity index (χ3n) is 3.84. The molecule has 0 radical (unpaired) electrons. The van der Waals surface area contributed by atoms with Crippen LogP contribution in [-0.4, -0.2) is 16.5 Å². The third kappa shape index (κ3) is 2.81. The summed E-state index contributed by atoms with van der Waals surface area (Å²) in [7, 11) is 0. The Morgan fingerprint density at radius 1 is 1.17 bits per heavy atom. The first-order valence-electron chi connectivity index (χ1n) is 6.74. The maximum Gasteiger partial charge on any atom is 0.182 e. The molecule has 0 unspecified atom stereocenters. The minimum absolute atomic E-state index is 0.254. The van der Waals surface area contributed by atoms with E-state index < -0.39 is 0 Å². The van der Waals surface area contributed by atoms with Crippen LogP contribution >= 0.6 is 0 Å². The SMILES string of the molecule is C=CCC1(/[N+]([O-])=C/c2ccccc2)CCCCC1. The number of nitrogens with zero attached hydrogens (tertiary/aromatic N) is 1. The van der Waals surface area contributed by atoms with Gasteiger partial charge in [-0.15, -0.1) is 6.58 Å². The lowest BCUT2D eigenvalue weighted by Gasteiger charge is -2.34. The summed E-state index contributed by atoms with van der Waals surface area (Å²) in [6, 6.07) is 9.82. The zero-order chi connectivity index (χ0) is 12.8. The van der Waals surface area contributed by atoms with Crippen LogP contribution in [0, 0.1) is 5.21 Å². The Balaban J connectivity index is 2.25. The minimum atomic E-state index is -0.254. The van der Waals surface area contributed by atoms with Crippen molar-refractivity contribution < 1.29 is 4.74 Å².